The smallest absolute Gasteiger partial charge is 0.282 e. The minimum Gasteiger partial charge on any atom is -0.340 e. The van der Waals surface area contributed by atoms with E-state index in [2.05, 4.69) is 25.7 Å². The first-order valence-corrected chi connectivity index (χ1v) is 7.82. The second-order valence-electron chi connectivity index (χ2n) is 5.28. The zero-order valence-electron chi connectivity index (χ0n) is 12.5. The number of nitrogens with one attached hydrogen (secondary N) is 1. The minimum absolute atomic E-state index is 0.246. The topological polar surface area (TPSA) is 85.1 Å². The molecule has 8 heteroatoms. The van der Waals surface area contributed by atoms with Crippen LogP contribution in [0.25, 0.3) is 5.65 Å². The molecule has 0 aliphatic carbocycles. The molecule has 0 saturated heterocycles. The number of carbonyl (C=O) groups is 1. The highest BCUT2D eigenvalue weighted by Crippen LogP contribution is 2.19. The zero-order chi connectivity index (χ0) is 15.7. The minimum atomic E-state index is -0.281. The van der Waals surface area contributed by atoms with Gasteiger partial charge in [-0.2, -0.15) is 0 Å². The number of aromatic nitrogens is 5. The molecule has 3 aromatic heterocycles. The standard InChI is InChI=1S/C14H16N6OS/c1-8(2)13-18-19-14(22-13)12(21)15-9(3)11-17-16-10-6-4-5-7-20(10)11/h4-9H,1-3H3,(H,15,21)/t9-/m1/s1. The fraction of sp³-hybridized carbons (Fsp3) is 0.357. The highest BCUT2D eigenvalue weighted by molar-refractivity contribution is 7.13. The van der Waals surface area contributed by atoms with Gasteiger partial charge in [0, 0.05) is 12.1 Å². The van der Waals surface area contributed by atoms with Crippen LogP contribution in [0.1, 0.15) is 53.4 Å². The summed E-state index contributed by atoms with van der Waals surface area (Å²) in [7, 11) is 0. The largest absolute Gasteiger partial charge is 0.340 e. The quantitative estimate of drug-likeness (QED) is 0.797. The third-order valence-corrected chi connectivity index (χ3v) is 4.43. The van der Waals surface area contributed by atoms with Gasteiger partial charge in [0.2, 0.25) is 5.01 Å². The molecule has 0 bridgehead atoms. The van der Waals surface area contributed by atoms with Crippen LogP contribution in [0.15, 0.2) is 24.4 Å². The summed E-state index contributed by atoms with van der Waals surface area (Å²) in [6.45, 7) is 5.91. The van der Waals surface area contributed by atoms with Gasteiger partial charge in [-0.1, -0.05) is 31.3 Å². The number of pyridine rings is 1. The van der Waals surface area contributed by atoms with E-state index in [4.69, 9.17) is 0 Å². The van der Waals surface area contributed by atoms with Crippen LogP contribution in [0, 0.1) is 0 Å². The van der Waals surface area contributed by atoms with Crippen molar-refractivity contribution in [2.75, 3.05) is 0 Å². The Morgan fingerprint density at radius 3 is 2.73 bits per heavy atom. The van der Waals surface area contributed by atoms with E-state index in [0.29, 0.717) is 10.8 Å². The van der Waals surface area contributed by atoms with Crippen molar-refractivity contribution in [3.8, 4) is 0 Å². The number of rotatable bonds is 4. The van der Waals surface area contributed by atoms with Crippen LogP contribution in [0.2, 0.25) is 0 Å². The Kier molecular flexibility index (Phi) is 3.84. The maximum absolute atomic E-state index is 12.3. The van der Waals surface area contributed by atoms with Gasteiger partial charge in [-0.3, -0.25) is 9.20 Å². The molecule has 1 N–H and O–H groups in total. The number of hydrogen-bond donors (Lipinski definition) is 1. The lowest BCUT2D eigenvalue weighted by Crippen LogP contribution is -2.27. The van der Waals surface area contributed by atoms with E-state index in [1.807, 2.05) is 49.6 Å². The lowest BCUT2D eigenvalue weighted by Gasteiger charge is -2.10. The van der Waals surface area contributed by atoms with E-state index in [1.54, 1.807) is 0 Å². The van der Waals surface area contributed by atoms with Crippen LogP contribution >= 0.6 is 11.3 Å². The third-order valence-electron chi connectivity index (χ3n) is 3.20. The Labute approximate surface area is 131 Å². The second-order valence-corrected chi connectivity index (χ2v) is 6.29. The summed E-state index contributed by atoms with van der Waals surface area (Å²) in [5, 5.41) is 20.3. The van der Waals surface area contributed by atoms with Crippen LogP contribution in [-0.4, -0.2) is 30.7 Å². The molecule has 3 aromatic rings. The summed E-state index contributed by atoms with van der Waals surface area (Å²) in [5.74, 6) is 0.694. The van der Waals surface area contributed by atoms with E-state index in [0.717, 1.165) is 10.7 Å². The van der Waals surface area contributed by atoms with Crippen molar-refractivity contribution in [1.29, 1.82) is 0 Å². The molecule has 3 heterocycles. The number of fused-ring (bicyclic) bond motifs is 1. The van der Waals surface area contributed by atoms with Crippen molar-refractivity contribution in [3.63, 3.8) is 0 Å². The van der Waals surface area contributed by atoms with Crippen molar-refractivity contribution < 1.29 is 4.79 Å². The van der Waals surface area contributed by atoms with Gasteiger partial charge in [-0.25, -0.2) is 0 Å². The predicted molar refractivity (Wildman–Crippen MR) is 82.9 cm³/mol. The first-order valence-electron chi connectivity index (χ1n) is 7.00. The fourth-order valence-corrected chi connectivity index (χ4v) is 2.79. The van der Waals surface area contributed by atoms with E-state index < -0.39 is 0 Å². The normalized spacial score (nSPS) is 12.7. The van der Waals surface area contributed by atoms with Crippen LogP contribution in [0.5, 0.6) is 0 Å². The molecule has 3 rings (SSSR count). The van der Waals surface area contributed by atoms with Crippen LogP contribution in [-0.2, 0) is 0 Å². The van der Waals surface area contributed by atoms with Crippen molar-refractivity contribution in [2.24, 2.45) is 0 Å². The fourth-order valence-electron chi connectivity index (χ4n) is 2.04. The molecule has 0 aliphatic rings. The van der Waals surface area contributed by atoms with Gasteiger partial charge < -0.3 is 5.32 Å². The lowest BCUT2D eigenvalue weighted by atomic mass is 10.2. The average molecular weight is 316 g/mol. The third kappa shape index (κ3) is 2.69. The maximum atomic E-state index is 12.3. The highest BCUT2D eigenvalue weighted by Gasteiger charge is 2.20. The molecule has 0 fully saturated rings. The molecule has 0 saturated carbocycles. The van der Waals surface area contributed by atoms with E-state index >= 15 is 0 Å². The molecule has 1 amide bonds. The van der Waals surface area contributed by atoms with Crippen molar-refractivity contribution in [1.82, 2.24) is 30.1 Å². The summed E-state index contributed by atoms with van der Waals surface area (Å²) in [6.07, 6.45) is 1.87. The molecule has 0 aliphatic heterocycles. The van der Waals surface area contributed by atoms with Gasteiger partial charge in [0.25, 0.3) is 5.91 Å². The molecule has 0 unspecified atom stereocenters. The van der Waals surface area contributed by atoms with E-state index in [1.165, 1.54) is 11.3 Å². The molecule has 0 spiro atoms. The Hall–Kier alpha value is -2.35. The molecule has 1 atom stereocenters. The van der Waals surface area contributed by atoms with Gasteiger partial charge in [0.05, 0.1) is 6.04 Å². The first kappa shape index (κ1) is 14.6. The Morgan fingerprint density at radius 1 is 1.18 bits per heavy atom. The number of nitrogens with zero attached hydrogens (tertiary/aromatic N) is 5. The maximum Gasteiger partial charge on any atom is 0.282 e. The lowest BCUT2D eigenvalue weighted by molar-refractivity contribution is 0.0937. The van der Waals surface area contributed by atoms with Crippen molar-refractivity contribution in [3.05, 3.63) is 40.2 Å². The molecule has 7 nitrogen and oxygen atoms in total. The number of hydrogen-bond acceptors (Lipinski definition) is 6. The molecule has 114 valence electrons. The monoisotopic (exact) mass is 316 g/mol. The first-order chi connectivity index (χ1) is 10.6. The Balaban J connectivity index is 1.78. The van der Waals surface area contributed by atoms with Gasteiger partial charge in [-0.05, 0) is 19.1 Å². The van der Waals surface area contributed by atoms with Gasteiger partial charge in [0.1, 0.15) is 5.01 Å². The second kappa shape index (κ2) is 5.80. The van der Waals surface area contributed by atoms with Crippen LogP contribution in [0.4, 0.5) is 0 Å². The van der Waals surface area contributed by atoms with E-state index in [-0.39, 0.29) is 17.9 Å². The molecule has 0 aromatic carbocycles. The van der Waals surface area contributed by atoms with Gasteiger partial charge >= 0.3 is 0 Å². The van der Waals surface area contributed by atoms with Crippen LogP contribution in [0.3, 0.4) is 0 Å². The summed E-state index contributed by atoms with van der Waals surface area (Å²) in [6, 6.07) is 5.38. The van der Waals surface area contributed by atoms with E-state index in [9.17, 15) is 4.79 Å². The van der Waals surface area contributed by atoms with Gasteiger partial charge in [-0.15, -0.1) is 20.4 Å². The molecular weight excluding hydrogens is 300 g/mol. The molecular formula is C14H16N6OS. The average Bonchev–Trinajstić information content (AvgIpc) is 3.14. The number of amides is 1. The Morgan fingerprint density at radius 2 is 2.00 bits per heavy atom. The van der Waals surface area contributed by atoms with Crippen molar-refractivity contribution >= 4 is 22.9 Å². The van der Waals surface area contributed by atoms with Crippen LogP contribution < -0.4 is 5.32 Å². The SMILES string of the molecule is CC(C)c1nnc(C(=O)N[C@H](C)c2nnc3ccccn23)s1. The molecule has 0 radical (unpaired) electrons. The summed E-state index contributed by atoms with van der Waals surface area (Å²) >= 11 is 1.31. The molecule has 22 heavy (non-hydrogen) atoms. The Bertz CT molecular complexity index is 808. The summed E-state index contributed by atoms with van der Waals surface area (Å²) in [5.41, 5.74) is 0.747. The van der Waals surface area contributed by atoms with Gasteiger partial charge in [0.15, 0.2) is 11.5 Å². The zero-order valence-corrected chi connectivity index (χ0v) is 13.3. The number of carbonyl (C=O) groups excluding carboxylic acids is 1. The summed E-state index contributed by atoms with van der Waals surface area (Å²) < 4.78 is 1.85. The predicted octanol–water partition coefficient (Wildman–Crippen LogP) is 2.20. The summed E-state index contributed by atoms with van der Waals surface area (Å²) in [4.78, 5) is 12.3. The van der Waals surface area contributed by atoms with Crippen molar-refractivity contribution in [2.45, 2.75) is 32.7 Å². The highest BCUT2D eigenvalue weighted by atomic mass is 32.1.